The summed E-state index contributed by atoms with van der Waals surface area (Å²) in [6.07, 6.45) is 4.59. The van der Waals surface area contributed by atoms with E-state index in [0.29, 0.717) is 12.1 Å². The molecule has 1 unspecified atom stereocenters. The molecule has 98 valence electrons. The van der Waals surface area contributed by atoms with Crippen LogP contribution in [0.1, 0.15) is 29.6 Å². The minimum atomic E-state index is -0.579. The molecule has 1 aliphatic heterocycles. The van der Waals surface area contributed by atoms with E-state index in [1.54, 1.807) is 11.9 Å². The van der Waals surface area contributed by atoms with Crippen LogP contribution in [0.15, 0.2) is 18.3 Å². The number of rotatable bonds is 3. The Kier molecular flexibility index (Phi) is 4.25. The van der Waals surface area contributed by atoms with Crippen molar-refractivity contribution in [3.05, 3.63) is 29.8 Å². The van der Waals surface area contributed by atoms with Crippen molar-refractivity contribution in [3.8, 4) is 0 Å². The van der Waals surface area contributed by atoms with Crippen LogP contribution < -0.4 is 0 Å². The van der Waals surface area contributed by atoms with Crippen LogP contribution in [0.5, 0.6) is 0 Å². The summed E-state index contributed by atoms with van der Waals surface area (Å²) < 4.78 is 18.3. The average molecular weight is 252 g/mol. The first kappa shape index (κ1) is 13.0. The number of carbonyl (C=O) groups excluding carboxylic acids is 1. The van der Waals surface area contributed by atoms with Crippen LogP contribution in [0.2, 0.25) is 0 Å². The van der Waals surface area contributed by atoms with E-state index in [9.17, 15) is 9.18 Å². The molecule has 18 heavy (non-hydrogen) atoms. The number of hydrogen-bond donors (Lipinski definition) is 0. The largest absolute Gasteiger partial charge is 0.376 e. The third-order valence-corrected chi connectivity index (χ3v) is 3.07. The van der Waals surface area contributed by atoms with Crippen molar-refractivity contribution in [2.24, 2.45) is 0 Å². The van der Waals surface area contributed by atoms with Gasteiger partial charge in [0.15, 0.2) is 0 Å². The van der Waals surface area contributed by atoms with E-state index in [0.717, 1.165) is 25.9 Å². The van der Waals surface area contributed by atoms with E-state index in [-0.39, 0.29) is 12.0 Å². The van der Waals surface area contributed by atoms with Crippen LogP contribution in [0.4, 0.5) is 4.39 Å². The Morgan fingerprint density at radius 2 is 2.39 bits per heavy atom. The smallest absolute Gasteiger partial charge is 0.255 e. The molecule has 1 aliphatic rings. The normalized spacial score (nSPS) is 19.6. The van der Waals surface area contributed by atoms with E-state index >= 15 is 0 Å². The molecule has 1 amide bonds. The Hall–Kier alpha value is -1.49. The molecule has 0 bridgehead atoms. The Bertz CT molecular complexity index is 402. The first-order valence-corrected chi connectivity index (χ1v) is 6.15. The highest BCUT2D eigenvalue weighted by Gasteiger charge is 2.19. The van der Waals surface area contributed by atoms with Gasteiger partial charge in [-0.25, -0.2) is 4.98 Å². The average Bonchev–Trinajstić information content (AvgIpc) is 2.40. The molecule has 0 saturated carbocycles. The predicted molar refractivity (Wildman–Crippen MR) is 64.7 cm³/mol. The lowest BCUT2D eigenvalue weighted by molar-refractivity contribution is -0.000198. The van der Waals surface area contributed by atoms with Gasteiger partial charge in [0, 0.05) is 26.4 Å². The number of pyridine rings is 1. The number of ether oxygens (including phenoxy) is 1. The van der Waals surface area contributed by atoms with E-state index in [1.165, 1.54) is 18.3 Å². The zero-order valence-electron chi connectivity index (χ0n) is 10.4. The molecule has 5 heteroatoms. The van der Waals surface area contributed by atoms with Crippen molar-refractivity contribution in [2.75, 3.05) is 20.2 Å². The fourth-order valence-electron chi connectivity index (χ4n) is 2.06. The van der Waals surface area contributed by atoms with Crippen molar-refractivity contribution in [2.45, 2.75) is 25.4 Å². The third kappa shape index (κ3) is 3.26. The summed E-state index contributed by atoms with van der Waals surface area (Å²) in [6, 6.07) is 2.64. The molecule has 0 spiro atoms. The number of hydrogen-bond acceptors (Lipinski definition) is 3. The molecule has 4 nitrogen and oxygen atoms in total. The maximum absolute atomic E-state index is 12.7. The van der Waals surface area contributed by atoms with Gasteiger partial charge in [-0.05, 0) is 31.4 Å². The van der Waals surface area contributed by atoms with Gasteiger partial charge in [0.2, 0.25) is 5.95 Å². The predicted octanol–water partition coefficient (Wildman–Crippen LogP) is 1.86. The van der Waals surface area contributed by atoms with Crippen LogP contribution in [0.3, 0.4) is 0 Å². The summed E-state index contributed by atoms with van der Waals surface area (Å²) in [5, 5.41) is 0. The van der Waals surface area contributed by atoms with Gasteiger partial charge >= 0.3 is 0 Å². The number of likely N-dealkylation sites (N-methyl/N-ethyl adjacent to an activating group) is 1. The molecule has 1 fully saturated rings. The van der Waals surface area contributed by atoms with E-state index in [2.05, 4.69) is 4.98 Å². The second-order valence-electron chi connectivity index (χ2n) is 4.54. The van der Waals surface area contributed by atoms with Gasteiger partial charge in [-0.2, -0.15) is 4.39 Å². The van der Waals surface area contributed by atoms with Crippen molar-refractivity contribution >= 4 is 5.91 Å². The molecule has 2 rings (SSSR count). The third-order valence-electron chi connectivity index (χ3n) is 3.07. The Labute approximate surface area is 106 Å². The minimum absolute atomic E-state index is 0.112. The Morgan fingerprint density at radius 1 is 1.56 bits per heavy atom. The number of nitrogens with zero attached hydrogens (tertiary/aromatic N) is 2. The van der Waals surface area contributed by atoms with Crippen LogP contribution in [0, 0.1) is 5.95 Å². The Balaban J connectivity index is 1.93. The summed E-state index contributed by atoms with van der Waals surface area (Å²) in [4.78, 5) is 17.1. The summed E-state index contributed by atoms with van der Waals surface area (Å²) in [5.41, 5.74) is 0.398. The van der Waals surface area contributed by atoms with E-state index < -0.39 is 5.95 Å². The molecule has 0 N–H and O–H groups in total. The first-order chi connectivity index (χ1) is 8.66. The van der Waals surface area contributed by atoms with Gasteiger partial charge in [-0.3, -0.25) is 4.79 Å². The summed E-state index contributed by atoms with van der Waals surface area (Å²) in [7, 11) is 1.73. The topological polar surface area (TPSA) is 42.4 Å². The lowest BCUT2D eigenvalue weighted by Crippen LogP contribution is -2.37. The first-order valence-electron chi connectivity index (χ1n) is 6.15. The molecule has 1 aromatic rings. The lowest BCUT2D eigenvalue weighted by Gasteiger charge is -2.27. The molecule has 0 aromatic carbocycles. The van der Waals surface area contributed by atoms with Gasteiger partial charge in [-0.1, -0.05) is 0 Å². The number of amides is 1. The Morgan fingerprint density at radius 3 is 3.00 bits per heavy atom. The zero-order valence-corrected chi connectivity index (χ0v) is 10.4. The second-order valence-corrected chi connectivity index (χ2v) is 4.54. The minimum Gasteiger partial charge on any atom is -0.376 e. The van der Waals surface area contributed by atoms with Crippen LogP contribution in [0.25, 0.3) is 0 Å². The molecular formula is C13H17FN2O2. The fraction of sp³-hybridized carbons (Fsp3) is 0.538. The fourth-order valence-corrected chi connectivity index (χ4v) is 2.06. The number of carbonyl (C=O) groups is 1. The quantitative estimate of drug-likeness (QED) is 0.771. The number of aromatic nitrogens is 1. The van der Waals surface area contributed by atoms with Crippen LogP contribution in [-0.4, -0.2) is 42.1 Å². The molecule has 2 heterocycles. The summed E-state index contributed by atoms with van der Waals surface area (Å²) in [5.74, 6) is -0.735. The second kappa shape index (κ2) is 5.91. The monoisotopic (exact) mass is 252 g/mol. The molecule has 1 aromatic heterocycles. The van der Waals surface area contributed by atoms with Crippen LogP contribution in [-0.2, 0) is 4.74 Å². The summed E-state index contributed by atoms with van der Waals surface area (Å²) >= 11 is 0. The highest BCUT2D eigenvalue weighted by Crippen LogP contribution is 2.14. The van der Waals surface area contributed by atoms with Gasteiger partial charge in [-0.15, -0.1) is 0 Å². The van der Waals surface area contributed by atoms with Crippen molar-refractivity contribution in [1.29, 1.82) is 0 Å². The lowest BCUT2D eigenvalue weighted by atomic mass is 10.1. The van der Waals surface area contributed by atoms with Crippen molar-refractivity contribution < 1.29 is 13.9 Å². The van der Waals surface area contributed by atoms with Gasteiger partial charge in [0.05, 0.1) is 11.7 Å². The van der Waals surface area contributed by atoms with E-state index in [1.807, 2.05) is 0 Å². The molecule has 0 aliphatic carbocycles. The van der Waals surface area contributed by atoms with Crippen molar-refractivity contribution in [1.82, 2.24) is 9.88 Å². The van der Waals surface area contributed by atoms with Gasteiger partial charge < -0.3 is 9.64 Å². The molecule has 0 radical (unpaired) electrons. The standard InChI is InChI=1S/C13H17FN2O2/c1-16(9-11-4-2-3-7-18-11)13(17)10-5-6-12(14)15-8-10/h5-6,8,11H,2-4,7,9H2,1H3. The zero-order chi connectivity index (χ0) is 13.0. The molecule has 1 atom stereocenters. The molecule has 1 saturated heterocycles. The maximum atomic E-state index is 12.7. The SMILES string of the molecule is CN(CC1CCCCO1)C(=O)c1ccc(F)nc1. The van der Waals surface area contributed by atoms with E-state index in [4.69, 9.17) is 4.74 Å². The highest BCUT2D eigenvalue weighted by molar-refractivity contribution is 5.93. The molecular weight excluding hydrogens is 235 g/mol. The van der Waals surface area contributed by atoms with Gasteiger partial charge in [0.1, 0.15) is 0 Å². The highest BCUT2D eigenvalue weighted by atomic mass is 19.1. The number of halogens is 1. The maximum Gasteiger partial charge on any atom is 0.255 e. The van der Waals surface area contributed by atoms with Crippen molar-refractivity contribution in [3.63, 3.8) is 0 Å². The van der Waals surface area contributed by atoms with Gasteiger partial charge in [0.25, 0.3) is 5.91 Å². The van der Waals surface area contributed by atoms with Crippen LogP contribution >= 0.6 is 0 Å². The summed E-state index contributed by atoms with van der Waals surface area (Å²) in [6.45, 7) is 1.33.